The lowest BCUT2D eigenvalue weighted by molar-refractivity contribution is -0.135. The van der Waals surface area contributed by atoms with Crippen molar-refractivity contribution in [2.24, 2.45) is 11.1 Å². The van der Waals surface area contributed by atoms with Gasteiger partial charge in [0.05, 0.1) is 5.41 Å². The Hall–Kier alpha value is -1.06. The fourth-order valence-corrected chi connectivity index (χ4v) is 2.25. The molecule has 0 bridgehead atoms. The van der Waals surface area contributed by atoms with Crippen molar-refractivity contribution in [1.29, 1.82) is 0 Å². The molecule has 2 N–H and O–H groups in total. The zero-order chi connectivity index (χ0) is 12.5. The number of rotatable bonds is 4. The lowest BCUT2D eigenvalue weighted by Crippen LogP contribution is -2.37. The van der Waals surface area contributed by atoms with E-state index >= 15 is 0 Å². The molecule has 0 heterocycles. The number of hydrogen-bond donors (Lipinski definition) is 1. The summed E-state index contributed by atoms with van der Waals surface area (Å²) in [5, 5.41) is 0.698. The summed E-state index contributed by atoms with van der Waals surface area (Å²) in [7, 11) is 1.82. The molecule has 0 aliphatic heterocycles. The van der Waals surface area contributed by atoms with Gasteiger partial charge in [0.2, 0.25) is 5.91 Å². The third kappa shape index (κ3) is 2.61. The lowest BCUT2D eigenvalue weighted by atomic mass is 10.1. The first-order valence-corrected chi connectivity index (χ1v) is 6.15. The van der Waals surface area contributed by atoms with Gasteiger partial charge < -0.3 is 10.6 Å². The molecule has 1 amide bonds. The van der Waals surface area contributed by atoms with Crippen molar-refractivity contribution < 1.29 is 4.79 Å². The average Bonchev–Trinajstić information content (AvgIpc) is 3.09. The van der Waals surface area contributed by atoms with Gasteiger partial charge in [-0.1, -0.05) is 23.7 Å². The van der Waals surface area contributed by atoms with Crippen LogP contribution in [0.25, 0.3) is 0 Å². The van der Waals surface area contributed by atoms with Gasteiger partial charge in [-0.3, -0.25) is 4.79 Å². The quantitative estimate of drug-likeness (QED) is 0.891. The largest absolute Gasteiger partial charge is 0.341 e. The summed E-state index contributed by atoms with van der Waals surface area (Å²) in [6.07, 6.45) is 1.84. The summed E-state index contributed by atoms with van der Waals surface area (Å²) in [5.74, 6) is 0.153. The first-order chi connectivity index (χ1) is 8.07. The number of carbonyl (C=O) groups is 1. The van der Waals surface area contributed by atoms with Crippen molar-refractivity contribution in [3.63, 3.8) is 0 Å². The van der Waals surface area contributed by atoms with Crippen LogP contribution in [0.3, 0.4) is 0 Å². The Kier molecular flexibility index (Phi) is 3.40. The van der Waals surface area contributed by atoms with Gasteiger partial charge in [0.25, 0.3) is 0 Å². The number of carbonyl (C=O) groups excluding carboxylic acids is 1. The maximum atomic E-state index is 12.2. The van der Waals surface area contributed by atoms with Crippen LogP contribution >= 0.6 is 11.6 Å². The molecule has 1 aromatic carbocycles. The van der Waals surface area contributed by atoms with E-state index in [0.29, 0.717) is 18.1 Å². The fraction of sp³-hybridized carbons (Fsp3) is 0.462. The standard InChI is InChI=1S/C13H17ClN2O/c1-16(12(17)13(9-15)5-6-13)8-10-3-2-4-11(14)7-10/h2-4,7H,5-6,8-9,15H2,1H3. The van der Waals surface area contributed by atoms with Crippen LogP contribution in [0.1, 0.15) is 18.4 Å². The predicted octanol–water partition coefficient (Wildman–Crippen LogP) is 2.04. The number of amides is 1. The highest BCUT2D eigenvalue weighted by Crippen LogP contribution is 2.46. The van der Waals surface area contributed by atoms with E-state index in [1.54, 1.807) is 4.90 Å². The Morgan fingerprint density at radius 1 is 1.53 bits per heavy atom. The SMILES string of the molecule is CN(Cc1cccc(Cl)c1)C(=O)C1(CN)CC1. The molecule has 0 spiro atoms. The summed E-state index contributed by atoms with van der Waals surface area (Å²) in [4.78, 5) is 13.9. The molecule has 0 radical (unpaired) electrons. The van der Waals surface area contributed by atoms with Crippen LogP contribution in [0.15, 0.2) is 24.3 Å². The Morgan fingerprint density at radius 3 is 2.76 bits per heavy atom. The molecule has 17 heavy (non-hydrogen) atoms. The summed E-state index contributed by atoms with van der Waals surface area (Å²) in [5.41, 5.74) is 6.43. The van der Waals surface area contributed by atoms with E-state index in [4.69, 9.17) is 17.3 Å². The van der Waals surface area contributed by atoms with Crippen LogP contribution in [0, 0.1) is 5.41 Å². The Morgan fingerprint density at radius 2 is 2.24 bits per heavy atom. The Bertz CT molecular complexity index is 429. The van der Waals surface area contributed by atoms with Gasteiger partial charge in [-0.2, -0.15) is 0 Å². The smallest absolute Gasteiger partial charge is 0.230 e. The number of benzene rings is 1. The number of halogens is 1. The molecule has 1 fully saturated rings. The van der Waals surface area contributed by atoms with E-state index in [0.717, 1.165) is 18.4 Å². The minimum absolute atomic E-state index is 0.153. The van der Waals surface area contributed by atoms with Crippen molar-refractivity contribution in [2.75, 3.05) is 13.6 Å². The molecule has 1 saturated carbocycles. The normalized spacial score (nSPS) is 16.6. The molecule has 0 saturated heterocycles. The second-order valence-electron chi connectivity index (χ2n) is 4.78. The van der Waals surface area contributed by atoms with Crippen LogP contribution in [-0.4, -0.2) is 24.4 Å². The molecule has 0 atom stereocenters. The predicted molar refractivity (Wildman–Crippen MR) is 68.6 cm³/mol. The molecule has 92 valence electrons. The molecule has 0 aromatic heterocycles. The molecule has 0 unspecified atom stereocenters. The Labute approximate surface area is 107 Å². The molecular formula is C13H17ClN2O. The highest BCUT2D eigenvalue weighted by Gasteiger charge is 2.49. The average molecular weight is 253 g/mol. The zero-order valence-corrected chi connectivity index (χ0v) is 10.7. The van der Waals surface area contributed by atoms with Crippen molar-refractivity contribution in [3.05, 3.63) is 34.9 Å². The van der Waals surface area contributed by atoms with Gasteiger partial charge >= 0.3 is 0 Å². The molecular weight excluding hydrogens is 236 g/mol. The van der Waals surface area contributed by atoms with Crippen molar-refractivity contribution >= 4 is 17.5 Å². The number of nitrogens with zero attached hydrogens (tertiary/aromatic N) is 1. The van der Waals surface area contributed by atoms with Crippen molar-refractivity contribution in [3.8, 4) is 0 Å². The van der Waals surface area contributed by atoms with E-state index in [2.05, 4.69) is 0 Å². The van der Waals surface area contributed by atoms with Gasteiger partial charge in [0.1, 0.15) is 0 Å². The highest BCUT2D eigenvalue weighted by molar-refractivity contribution is 6.30. The molecule has 1 aromatic rings. The van der Waals surface area contributed by atoms with Gasteiger partial charge in [-0.15, -0.1) is 0 Å². The number of nitrogens with two attached hydrogens (primary N) is 1. The van der Waals surface area contributed by atoms with Crippen LogP contribution in [0.4, 0.5) is 0 Å². The van der Waals surface area contributed by atoms with E-state index in [9.17, 15) is 4.79 Å². The minimum Gasteiger partial charge on any atom is -0.341 e. The summed E-state index contributed by atoms with van der Waals surface area (Å²) in [6, 6.07) is 7.58. The van der Waals surface area contributed by atoms with Crippen LogP contribution in [0.5, 0.6) is 0 Å². The van der Waals surface area contributed by atoms with Crippen LogP contribution in [-0.2, 0) is 11.3 Å². The van der Waals surface area contributed by atoms with E-state index in [1.807, 2.05) is 31.3 Å². The highest BCUT2D eigenvalue weighted by atomic mass is 35.5. The minimum atomic E-state index is -0.271. The van der Waals surface area contributed by atoms with E-state index in [-0.39, 0.29) is 11.3 Å². The van der Waals surface area contributed by atoms with Gasteiger partial charge in [0, 0.05) is 25.2 Å². The van der Waals surface area contributed by atoms with E-state index < -0.39 is 0 Å². The topological polar surface area (TPSA) is 46.3 Å². The third-order valence-corrected chi connectivity index (χ3v) is 3.59. The third-order valence-electron chi connectivity index (χ3n) is 3.35. The van der Waals surface area contributed by atoms with Crippen molar-refractivity contribution in [1.82, 2.24) is 4.90 Å². The van der Waals surface area contributed by atoms with Gasteiger partial charge in [-0.25, -0.2) is 0 Å². The monoisotopic (exact) mass is 252 g/mol. The molecule has 1 aliphatic rings. The van der Waals surface area contributed by atoms with Crippen molar-refractivity contribution in [2.45, 2.75) is 19.4 Å². The lowest BCUT2D eigenvalue weighted by Gasteiger charge is -2.22. The second kappa shape index (κ2) is 4.67. The Balaban J connectivity index is 2.02. The molecule has 1 aliphatic carbocycles. The maximum absolute atomic E-state index is 12.2. The summed E-state index contributed by atoms with van der Waals surface area (Å²) in [6.45, 7) is 1.03. The summed E-state index contributed by atoms with van der Waals surface area (Å²) < 4.78 is 0. The first kappa shape index (κ1) is 12.4. The number of hydrogen-bond acceptors (Lipinski definition) is 2. The summed E-state index contributed by atoms with van der Waals surface area (Å²) >= 11 is 5.91. The molecule has 4 heteroatoms. The maximum Gasteiger partial charge on any atom is 0.230 e. The first-order valence-electron chi connectivity index (χ1n) is 5.77. The zero-order valence-electron chi connectivity index (χ0n) is 9.95. The van der Waals surface area contributed by atoms with E-state index in [1.165, 1.54) is 0 Å². The fourth-order valence-electron chi connectivity index (χ4n) is 2.04. The molecule has 2 rings (SSSR count). The van der Waals surface area contributed by atoms with Gasteiger partial charge in [-0.05, 0) is 30.5 Å². The molecule has 3 nitrogen and oxygen atoms in total. The van der Waals surface area contributed by atoms with Gasteiger partial charge in [0.15, 0.2) is 0 Å². The van der Waals surface area contributed by atoms with Crippen LogP contribution < -0.4 is 5.73 Å². The second-order valence-corrected chi connectivity index (χ2v) is 5.21. The van der Waals surface area contributed by atoms with Crippen LogP contribution in [0.2, 0.25) is 5.02 Å².